The second kappa shape index (κ2) is 11.0. The van der Waals surface area contributed by atoms with Crippen molar-refractivity contribution in [1.29, 1.82) is 0 Å². The molecule has 0 saturated heterocycles. The molecule has 0 amide bonds. The number of carboxylic acid groups (broad SMARTS) is 2. The van der Waals surface area contributed by atoms with E-state index in [1.165, 1.54) is 0 Å². The van der Waals surface area contributed by atoms with Crippen LogP contribution in [0.4, 0.5) is 0 Å². The summed E-state index contributed by atoms with van der Waals surface area (Å²) in [7, 11) is 0. The molecule has 0 aromatic rings. The number of esters is 1. The highest BCUT2D eigenvalue weighted by Crippen LogP contribution is 1.96. The Balaban J connectivity index is 0. The highest BCUT2D eigenvalue weighted by Gasteiger charge is 2.07. The van der Waals surface area contributed by atoms with E-state index in [0.717, 1.165) is 12.8 Å². The smallest absolute Gasteiger partial charge is 0.333 e. The predicted molar refractivity (Wildman–Crippen MR) is 69.7 cm³/mol. The maximum Gasteiger partial charge on any atom is 0.333 e. The van der Waals surface area contributed by atoms with Gasteiger partial charge in [-0.3, -0.25) is 4.79 Å². The normalized spacial score (nSPS) is 8.74. The van der Waals surface area contributed by atoms with E-state index >= 15 is 0 Å². The molecular weight excluding hydrogens is 252 g/mol. The van der Waals surface area contributed by atoms with Crippen LogP contribution in [0.1, 0.15) is 33.1 Å². The first-order chi connectivity index (χ1) is 8.72. The first kappa shape index (κ1) is 19.2. The molecule has 6 nitrogen and oxygen atoms in total. The monoisotopic (exact) mass is 272 g/mol. The van der Waals surface area contributed by atoms with Crippen LogP contribution in [0.2, 0.25) is 0 Å². The number of ether oxygens (including phenoxy) is 1. The van der Waals surface area contributed by atoms with E-state index in [0.29, 0.717) is 12.2 Å². The van der Waals surface area contributed by atoms with Crippen molar-refractivity contribution in [1.82, 2.24) is 0 Å². The lowest BCUT2D eigenvalue weighted by Gasteiger charge is -2.01. The van der Waals surface area contributed by atoms with Gasteiger partial charge in [-0.1, -0.05) is 26.5 Å². The van der Waals surface area contributed by atoms with Crippen molar-refractivity contribution in [3.8, 4) is 0 Å². The van der Waals surface area contributed by atoms with E-state index in [2.05, 4.69) is 20.1 Å². The molecule has 0 aliphatic carbocycles. The van der Waals surface area contributed by atoms with Gasteiger partial charge in [0.2, 0.25) is 0 Å². The van der Waals surface area contributed by atoms with Crippen molar-refractivity contribution < 1.29 is 29.3 Å². The number of unbranched alkanes of at least 4 members (excludes halogenated alkanes) is 1. The number of hydrogen-bond donors (Lipinski definition) is 2. The summed E-state index contributed by atoms with van der Waals surface area (Å²) in [5.41, 5.74) is 0.165. The van der Waals surface area contributed by atoms with Crippen molar-refractivity contribution in [3.63, 3.8) is 0 Å². The lowest BCUT2D eigenvalue weighted by molar-refractivity contribution is -0.139. The zero-order valence-electron chi connectivity index (χ0n) is 11.3. The van der Waals surface area contributed by atoms with Gasteiger partial charge in [-0.2, -0.15) is 0 Å². The molecule has 0 aromatic heterocycles. The highest BCUT2D eigenvalue weighted by molar-refractivity contribution is 5.91. The summed E-state index contributed by atoms with van der Waals surface area (Å²) in [4.78, 5) is 30.4. The molecule has 0 aromatic carbocycles. The van der Waals surface area contributed by atoms with Gasteiger partial charge in [0.25, 0.3) is 0 Å². The number of rotatable bonds is 7. The van der Waals surface area contributed by atoms with E-state index in [4.69, 9.17) is 14.9 Å². The van der Waals surface area contributed by atoms with E-state index in [9.17, 15) is 14.4 Å². The van der Waals surface area contributed by atoms with Gasteiger partial charge in [-0.25, -0.2) is 9.59 Å². The highest BCUT2D eigenvalue weighted by atomic mass is 16.5. The van der Waals surface area contributed by atoms with Crippen LogP contribution in [0.3, 0.4) is 0 Å². The maximum atomic E-state index is 10.7. The number of aliphatic carboxylic acids is 2. The molecule has 0 aliphatic heterocycles. The van der Waals surface area contributed by atoms with Crippen LogP contribution < -0.4 is 0 Å². The van der Waals surface area contributed by atoms with Crippen LogP contribution in [0.25, 0.3) is 0 Å². The molecule has 19 heavy (non-hydrogen) atoms. The first-order valence-electron chi connectivity index (χ1n) is 5.67. The summed E-state index contributed by atoms with van der Waals surface area (Å²) in [6, 6.07) is 0. The average molecular weight is 272 g/mol. The molecule has 0 saturated carbocycles. The largest absolute Gasteiger partial charge is 0.481 e. The predicted octanol–water partition coefficient (Wildman–Crippen LogP) is 2.01. The van der Waals surface area contributed by atoms with Gasteiger partial charge in [-0.05, 0) is 13.3 Å². The Morgan fingerprint density at radius 2 is 1.68 bits per heavy atom. The first-order valence-corrected chi connectivity index (χ1v) is 5.67. The summed E-state index contributed by atoms with van der Waals surface area (Å²) in [5, 5.41) is 16.1. The molecule has 6 heteroatoms. The molecule has 0 heterocycles. The number of carbonyl (C=O) groups excluding carboxylic acids is 1. The summed E-state index contributed by atoms with van der Waals surface area (Å²) >= 11 is 0. The molecule has 0 unspecified atom stereocenters. The number of carbonyl (C=O) groups is 3. The fraction of sp³-hybridized carbons (Fsp3) is 0.462. The lowest BCUT2D eigenvalue weighted by atomic mass is 10.2. The molecule has 0 aliphatic rings. The topological polar surface area (TPSA) is 101 Å². The van der Waals surface area contributed by atoms with Gasteiger partial charge < -0.3 is 14.9 Å². The van der Waals surface area contributed by atoms with Gasteiger partial charge >= 0.3 is 17.9 Å². The fourth-order valence-electron chi connectivity index (χ4n) is 0.691. The second-order valence-corrected chi connectivity index (χ2v) is 3.75. The second-order valence-electron chi connectivity index (χ2n) is 3.75. The van der Waals surface area contributed by atoms with Crippen molar-refractivity contribution in [2.45, 2.75) is 33.1 Å². The van der Waals surface area contributed by atoms with Gasteiger partial charge in [0.1, 0.15) is 0 Å². The standard InChI is InChI=1S/C8H14O2.C5H6O4/c1-4-5-6-10-8(9)7(2)3;1-3(5(8)9)2-4(6)7/h2,4-6H2,1,3H3;1-2H2,(H,6,7)(H,8,9). The SMILES string of the molecule is C=C(C)C(=O)OCCCC.C=C(CC(=O)O)C(=O)O. The molecule has 0 rings (SSSR count). The van der Waals surface area contributed by atoms with Crippen LogP contribution in [-0.4, -0.2) is 34.7 Å². The third-order valence-electron chi connectivity index (χ3n) is 1.75. The van der Waals surface area contributed by atoms with E-state index < -0.39 is 18.4 Å². The molecule has 0 radical (unpaired) electrons. The average Bonchev–Trinajstić information content (AvgIpc) is 2.28. The number of carboxylic acids is 2. The van der Waals surface area contributed by atoms with Crippen molar-refractivity contribution in [2.75, 3.05) is 6.61 Å². The molecule has 0 fully saturated rings. The van der Waals surface area contributed by atoms with Gasteiger partial charge in [-0.15, -0.1) is 0 Å². The lowest BCUT2D eigenvalue weighted by Crippen LogP contribution is -2.05. The van der Waals surface area contributed by atoms with Gasteiger partial charge in [0.15, 0.2) is 0 Å². The minimum atomic E-state index is -1.27. The van der Waals surface area contributed by atoms with Crippen LogP contribution in [0.15, 0.2) is 24.3 Å². The Bertz CT molecular complexity index is 356. The zero-order chi connectivity index (χ0) is 15.4. The van der Waals surface area contributed by atoms with Gasteiger partial charge in [0.05, 0.1) is 13.0 Å². The van der Waals surface area contributed by atoms with Crippen LogP contribution in [0, 0.1) is 0 Å². The molecular formula is C13H20O6. The van der Waals surface area contributed by atoms with E-state index in [1.54, 1.807) is 6.92 Å². The van der Waals surface area contributed by atoms with Crippen LogP contribution >= 0.6 is 0 Å². The molecule has 0 spiro atoms. The Labute approximate surface area is 112 Å². The third kappa shape index (κ3) is 13.8. The van der Waals surface area contributed by atoms with Crippen LogP contribution in [0.5, 0.6) is 0 Å². The minimum Gasteiger partial charge on any atom is -0.481 e. The van der Waals surface area contributed by atoms with Crippen LogP contribution in [-0.2, 0) is 19.1 Å². The Morgan fingerprint density at radius 3 is 1.95 bits per heavy atom. The maximum absolute atomic E-state index is 10.7. The van der Waals surface area contributed by atoms with Crippen molar-refractivity contribution in [2.24, 2.45) is 0 Å². The minimum absolute atomic E-state index is 0.284. The summed E-state index contributed by atoms with van der Waals surface area (Å²) in [6.45, 7) is 10.7. The fourth-order valence-corrected chi connectivity index (χ4v) is 0.691. The third-order valence-corrected chi connectivity index (χ3v) is 1.75. The molecule has 2 N–H and O–H groups in total. The summed E-state index contributed by atoms with van der Waals surface area (Å²) < 4.78 is 4.81. The zero-order valence-corrected chi connectivity index (χ0v) is 11.3. The Kier molecular flexibility index (Phi) is 11.1. The van der Waals surface area contributed by atoms with Crippen molar-refractivity contribution in [3.05, 3.63) is 24.3 Å². The molecule has 0 bridgehead atoms. The van der Waals surface area contributed by atoms with Gasteiger partial charge in [0, 0.05) is 11.1 Å². The van der Waals surface area contributed by atoms with E-state index in [1.807, 2.05) is 0 Å². The Hall–Kier alpha value is -2.11. The van der Waals surface area contributed by atoms with E-state index in [-0.39, 0.29) is 11.5 Å². The van der Waals surface area contributed by atoms with Crippen molar-refractivity contribution >= 4 is 17.9 Å². The summed E-state index contributed by atoms with van der Waals surface area (Å²) in [5.74, 6) is -2.73. The number of hydrogen-bond acceptors (Lipinski definition) is 4. The summed E-state index contributed by atoms with van der Waals surface area (Å²) in [6.07, 6.45) is 1.47. The quantitative estimate of drug-likeness (QED) is 0.417. The molecule has 0 atom stereocenters. The Morgan fingerprint density at radius 1 is 1.16 bits per heavy atom. The molecule has 108 valence electrons.